The summed E-state index contributed by atoms with van der Waals surface area (Å²) in [5.41, 5.74) is -2.27. The van der Waals surface area contributed by atoms with Gasteiger partial charge in [0.2, 0.25) is 10.0 Å². The van der Waals surface area contributed by atoms with Crippen LogP contribution in [0.3, 0.4) is 0 Å². The van der Waals surface area contributed by atoms with E-state index in [-0.39, 0.29) is 10.6 Å². The Morgan fingerprint density at radius 3 is 2.19 bits per heavy atom. The standard InChI is InChI=1S/C18H19F3N2O3S/c1-17(2,3)23-27(25,26)13-8-6-7-12(11-13)22-16(24)14-9-4-5-10-15(14)18(19,20)21/h4-11,23H,1-3H3,(H,22,24). The maximum Gasteiger partial charge on any atom is 0.417 e. The molecule has 0 saturated heterocycles. The Morgan fingerprint density at radius 1 is 0.963 bits per heavy atom. The lowest BCUT2D eigenvalue weighted by Gasteiger charge is -2.20. The Morgan fingerprint density at radius 2 is 1.59 bits per heavy atom. The highest BCUT2D eigenvalue weighted by Gasteiger charge is 2.34. The normalized spacial score (nSPS) is 12.7. The Bertz CT molecular complexity index is 949. The number of hydrogen-bond acceptors (Lipinski definition) is 3. The van der Waals surface area contributed by atoms with Gasteiger partial charge in [-0.2, -0.15) is 13.2 Å². The van der Waals surface area contributed by atoms with Gasteiger partial charge < -0.3 is 5.32 Å². The molecule has 5 nitrogen and oxygen atoms in total. The molecule has 2 N–H and O–H groups in total. The fourth-order valence-corrected chi connectivity index (χ4v) is 3.79. The van der Waals surface area contributed by atoms with Crippen LogP contribution in [0.2, 0.25) is 0 Å². The molecule has 1 amide bonds. The Kier molecular flexibility index (Phi) is 5.67. The minimum Gasteiger partial charge on any atom is -0.322 e. The molecule has 27 heavy (non-hydrogen) atoms. The third kappa shape index (κ3) is 5.54. The minimum atomic E-state index is -4.68. The van der Waals surface area contributed by atoms with Crippen LogP contribution in [-0.2, 0) is 16.2 Å². The van der Waals surface area contributed by atoms with Crippen LogP contribution in [-0.4, -0.2) is 19.9 Å². The van der Waals surface area contributed by atoms with Crippen molar-refractivity contribution < 1.29 is 26.4 Å². The third-order valence-electron chi connectivity index (χ3n) is 3.32. The number of nitrogens with one attached hydrogen (secondary N) is 2. The Hall–Kier alpha value is -2.39. The van der Waals surface area contributed by atoms with E-state index in [0.29, 0.717) is 0 Å². The first kappa shape index (κ1) is 20.9. The monoisotopic (exact) mass is 400 g/mol. The highest BCUT2D eigenvalue weighted by Crippen LogP contribution is 2.32. The van der Waals surface area contributed by atoms with Crippen LogP contribution < -0.4 is 10.0 Å². The highest BCUT2D eigenvalue weighted by molar-refractivity contribution is 7.89. The molecule has 0 aromatic heterocycles. The van der Waals surface area contributed by atoms with Crippen molar-refractivity contribution >= 4 is 21.6 Å². The lowest BCUT2D eigenvalue weighted by atomic mass is 10.1. The van der Waals surface area contributed by atoms with Crippen molar-refractivity contribution in [3.8, 4) is 0 Å². The van der Waals surface area contributed by atoms with Gasteiger partial charge in [0, 0.05) is 11.2 Å². The van der Waals surface area contributed by atoms with Gasteiger partial charge in [-0.25, -0.2) is 13.1 Å². The second kappa shape index (κ2) is 7.32. The van der Waals surface area contributed by atoms with Gasteiger partial charge in [0.15, 0.2) is 0 Å². The summed E-state index contributed by atoms with van der Waals surface area (Å²) in [7, 11) is -3.85. The number of alkyl halides is 3. The van der Waals surface area contributed by atoms with Gasteiger partial charge in [-0.3, -0.25) is 4.79 Å². The first-order valence-electron chi connectivity index (χ1n) is 7.91. The van der Waals surface area contributed by atoms with Crippen molar-refractivity contribution in [2.75, 3.05) is 5.32 Å². The molecule has 0 spiro atoms. The summed E-state index contributed by atoms with van der Waals surface area (Å²) < 4.78 is 66.4. The number of halogens is 3. The SMILES string of the molecule is CC(C)(C)NS(=O)(=O)c1cccc(NC(=O)c2ccccc2C(F)(F)F)c1. The fourth-order valence-electron chi connectivity index (χ4n) is 2.33. The van der Waals surface area contributed by atoms with Gasteiger partial charge in [-0.1, -0.05) is 18.2 Å². The molecule has 9 heteroatoms. The van der Waals surface area contributed by atoms with Crippen molar-refractivity contribution in [3.05, 3.63) is 59.7 Å². The van der Waals surface area contributed by atoms with E-state index >= 15 is 0 Å². The number of amides is 1. The Balaban J connectivity index is 2.32. The molecule has 2 rings (SSSR count). The maximum absolute atomic E-state index is 13.1. The summed E-state index contributed by atoms with van der Waals surface area (Å²) in [4.78, 5) is 12.2. The van der Waals surface area contributed by atoms with Gasteiger partial charge >= 0.3 is 6.18 Å². The molecule has 0 radical (unpaired) electrons. The van der Waals surface area contributed by atoms with Crippen LogP contribution >= 0.6 is 0 Å². The lowest BCUT2D eigenvalue weighted by molar-refractivity contribution is -0.137. The fraction of sp³-hybridized carbons (Fsp3) is 0.278. The quantitative estimate of drug-likeness (QED) is 0.814. The van der Waals surface area contributed by atoms with Crippen molar-refractivity contribution in [1.29, 1.82) is 0 Å². The smallest absolute Gasteiger partial charge is 0.322 e. The van der Waals surface area contributed by atoms with E-state index in [1.807, 2.05) is 0 Å². The van der Waals surface area contributed by atoms with Crippen LogP contribution in [0.25, 0.3) is 0 Å². The molecular weight excluding hydrogens is 381 g/mol. The largest absolute Gasteiger partial charge is 0.417 e. The molecule has 2 aromatic rings. The number of carbonyl (C=O) groups excluding carboxylic acids is 1. The molecule has 0 bridgehead atoms. The molecule has 0 aliphatic carbocycles. The third-order valence-corrected chi connectivity index (χ3v) is 5.08. The summed E-state index contributed by atoms with van der Waals surface area (Å²) >= 11 is 0. The number of hydrogen-bond donors (Lipinski definition) is 2. The summed E-state index contributed by atoms with van der Waals surface area (Å²) in [6, 6.07) is 9.66. The van der Waals surface area contributed by atoms with E-state index in [1.54, 1.807) is 20.8 Å². The summed E-state index contributed by atoms with van der Waals surface area (Å²) in [5, 5.41) is 2.31. The predicted octanol–water partition coefficient (Wildman–Crippen LogP) is 4.03. The summed E-state index contributed by atoms with van der Waals surface area (Å²) in [6.45, 7) is 5.01. The van der Waals surface area contributed by atoms with Crippen LogP contribution in [0.5, 0.6) is 0 Å². The topological polar surface area (TPSA) is 75.3 Å². The first-order chi connectivity index (χ1) is 12.3. The van der Waals surface area contributed by atoms with Crippen molar-refractivity contribution in [3.63, 3.8) is 0 Å². The Labute approximate surface area is 155 Å². The summed E-state index contributed by atoms with van der Waals surface area (Å²) in [6.07, 6.45) is -4.68. The van der Waals surface area contributed by atoms with E-state index in [9.17, 15) is 26.4 Å². The van der Waals surface area contributed by atoms with E-state index in [0.717, 1.165) is 12.1 Å². The van der Waals surface area contributed by atoms with E-state index < -0.39 is 38.8 Å². The van der Waals surface area contributed by atoms with Crippen LogP contribution in [0, 0.1) is 0 Å². The minimum absolute atomic E-state index is 0.0637. The lowest BCUT2D eigenvalue weighted by Crippen LogP contribution is -2.40. The number of benzene rings is 2. The highest BCUT2D eigenvalue weighted by atomic mass is 32.2. The van der Waals surface area contributed by atoms with Gasteiger partial charge in [0.1, 0.15) is 0 Å². The number of sulfonamides is 1. The molecule has 0 aliphatic rings. The summed E-state index contributed by atoms with van der Waals surface area (Å²) in [5.74, 6) is -0.985. The zero-order valence-corrected chi connectivity index (χ0v) is 15.7. The van der Waals surface area contributed by atoms with Gasteiger partial charge in [0.05, 0.1) is 16.0 Å². The zero-order valence-electron chi connectivity index (χ0n) is 14.9. The van der Waals surface area contributed by atoms with Gasteiger partial charge in [0.25, 0.3) is 5.91 Å². The average molecular weight is 400 g/mol. The second-order valence-electron chi connectivity index (χ2n) is 6.88. The molecule has 146 valence electrons. The molecule has 0 unspecified atom stereocenters. The molecule has 0 aliphatic heterocycles. The molecule has 0 saturated carbocycles. The van der Waals surface area contributed by atoms with Crippen molar-refractivity contribution in [1.82, 2.24) is 4.72 Å². The van der Waals surface area contributed by atoms with E-state index in [4.69, 9.17) is 0 Å². The second-order valence-corrected chi connectivity index (χ2v) is 8.56. The van der Waals surface area contributed by atoms with Crippen molar-refractivity contribution in [2.45, 2.75) is 37.4 Å². The van der Waals surface area contributed by atoms with E-state index in [1.165, 1.54) is 36.4 Å². The molecular formula is C18H19F3N2O3S. The van der Waals surface area contributed by atoms with Crippen LogP contribution in [0.15, 0.2) is 53.4 Å². The molecule has 2 aromatic carbocycles. The predicted molar refractivity (Wildman–Crippen MR) is 95.9 cm³/mol. The molecule has 0 atom stereocenters. The average Bonchev–Trinajstić information content (AvgIpc) is 2.52. The van der Waals surface area contributed by atoms with Crippen LogP contribution in [0.1, 0.15) is 36.7 Å². The van der Waals surface area contributed by atoms with Gasteiger partial charge in [-0.15, -0.1) is 0 Å². The van der Waals surface area contributed by atoms with E-state index in [2.05, 4.69) is 10.0 Å². The van der Waals surface area contributed by atoms with Crippen LogP contribution in [0.4, 0.5) is 18.9 Å². The molecule has 0 heterocycles. The number of anilines is 1. The van der Waals surface area contributed by atoms with Gasteiger partial charge in [-0.05, 0) is 51.1 Å². The zero-order chi connectivity index (χ0) is 20.5. The maximum atomic E-state index is 13.1. The molecule has 0 fully saturated rings. The number of carbonyl (C=O) groups is 1. The first-order valence-corrected chi connectivity index (χ1v) is 9.39. The number of rotatable bonds is 4. The van der Waals surface area contributed by atoms with Crippen molar-refractivity contribution in [2.24, 2.45) is 0 Å².